The van der Waals surface area contributed by atoms with Gasteiger partial charge in [-0.15, -0.1) is 0 Å². The number of ether oxygens (including phenoxy) is 2. The average Bonchev–Trinajstić information content (AvgIpc) is 3.58. The van der Waals surface area contributed by atoms with Crippen molar-refractivity contribution in [1.82, 2.24) is 0 Å². The molecule has 0 radical (unpaired) electrons. The first-order valence-corrected chi connectivity index (χ1v) is 18.1. The minimum absolute atomic E-state index is 0.0365. The summed E-state index contributed by atoms with van der Waals surface area (Å²) in [5, 5.41) is 9.89. The van der Waals surface area contributed by atoms with Crippen LogP contribution >= 0.6 is 0 Å². The van der Waals surface area contributed by atoms with Gasteiger partial charge in [-0.1, -0.05) is 66.7 Å². The number of carbonyl (C=O) groups excluding carboxylic acids is 1. The number of phenolic OH excluding ortho intramolecular Hbond substituents is 1. The van der Waals surface area contributed by atoms with E-state index >= 15 is 0 Å². The fourth-order valence-electron chi connectivity index (χ4n) is 12.5. The van der Waals surface area contributed by atoms with Crippen molar-refractivity contribution in [3.05, 3.63) is 42.0 Å². The zero-order valence-electron chi connectivity index (χ0n) is 29.5. The van der Waals surface area contributed by atoms with E-state index in [1.165, 1.54) is 83.0 Å². The van der Waals surface area contributed by atoms with Crippen molar-refractivity contribution in [1.29, 1.82) is 0 Å². The fourth-order valence-corrected chi connectivity index (χ4v) is 12.5. The van der Waals surface area contributed by atoms with E-state index in [1.807, 2.05) is 0 Å². The summed E-state index contributed by atoms with van der Waals surface area (Å²) < 4.78 is 11.5. The Balaban J connectivity index is 1.14. The highest BCUT2D eigenvalue weighted by atomic mass is 16.5. The van der Waals surface area contributed by atoms with Crippen LogP contribution in [0.3, 0.4) is 0 Å². The average molecular weight is 617 g/mol. The lowest BCUT2D eigenvalue weighted by Crippen LogP contribution is -2.58. The maximum Gasteiger partial charge on any atom is 0.331 e. The summed E-state index contributed by atoms with van der Waals surface area (Å²) in [6.45, 7) is 21.7. The van der Waals surface area contributed by atoms with Gasteiger partial charge in [-0.25, -0.2) is 4.79 Å². The molecule has 2 spiro atoms. The molecule has 5 aliphatic carbocycles. The van der Waals surface area contributed by atoms with Crippen molar-refractivity contribution in [2.75, 3.05) is 7.11 Å². The third-order valence-electron chi connectivity index (χ3n) is 15.4. The van der Waals surface area contributed by atoms with Gasteiger partial charge in [-0.3, -0.25) is 0 Å². The third-order valence-corrected chi connectivity index (χ3v) is 15.4. The van der Waals surface area contributed by atoms with E-state index in [1.54, 1.807) is 24.3 Å². The standard InChI is InChI=1S/C41H60O4/c1-26(2)27(3)10-11-28(4)30-18-20-39(8)34-16-15-33-37(5,6)35(19-21-40(33)25-41(34,40)23-22-38(30,39)7)45-36(43)17-13-29-12-14-31(42)32(24-29)44-9/h12-14,17,24,26,28,30,33-35,42H,3,10-11,15-16,18-23,25H2,1-2,4-9H3/b17-13+/t28?,30-,33+,34-,35+,38-,39+,40-,41+/m1/s1. The molecule has 0 heterocycles. The van der Waals surface area contributed by atoms with Gasteiger partial charge in [0.2, 0.25) is 0 Å². The number of hydrogen-bond donors (Lipinski definition) is 1. The van der Waals surface area contributed by atoms with Crippen LogP contribution in [0.5, 0.6) is 11.5 Å². The molecule has 0 bridgehead atoms. The smallest absolute Gasteiger partial charge is 0.331 e. The summed E-state index contributed by atoms with van der Waals surface area (Å²) in [6, 6.07) is 5.08. The second kappa shape index (κ2) is 11.2. The van der Waals surface area contributed by atoms with Crippen molar-refractivity contribution in [2.45, 2.75) is 125 Å². The SMILES string of the molecule is C=C(CCC(C)[C@H]1CC[C@@]2(C)[C@H]3CC[C@H]4C(C)(C)[C@@H](OC(=O)/C=C/c5ccc(O)c(OC)c5)CC[C@@]45C[C@@]35CC[C@]12C)C(C)C. The largest absolute Gasteiger partial charge is 0.504 e. The topological polar surface area (TPSA) is 55.8 Å². The highest BCUT2D eigenvalue weighted by Gasteiger charge is 2.82. The van der Waals surface area contributed by atoms with E-state index in [9.17, 15) is 9.90 Å². The van der Waals surface area contributed by atoms with Gasteiger partial charge in [-0.2, -0.15) is 0 Å². The number of methoxy groups -OCH3 is 1. The molecule has 9 atom stereocenters. The first-order valence-electron chi connectivity index (χ1n) is 18.1. The molecule has 1 aromatic carbocycles. The molecule has 0 aliphatic heterocycles. The van der Waals surface area contributed by atoms with Crippen LogP contribution in [0.2, 0.25) is 0 Å². The van der Waals surface area contributed by atoms with E-state index in [0.29, 0.717) is 39.2 Å². The van der Waals surface area contributed by atoms with E-state index in [4.69, 9.17) is 9.47 Å². The lowest BCUT2D eigenvalue weighted by atomic mass is 9.41. The molecule has 1 aromatic rings. The molecule has 248 valence electrons. The minimum atomic E-state index is -0.278. The van der Waals surface area contributed by atoms with Crippen LogP contribution in [0, 0.1) is 56.7 Å². The maximum atomic E-state index is 13.1. The number of aromatic hydroxyl groups is 1. The summed E-state index contributed by atoms with van der Waals surface area (Å²) >= 11 is 0. The van der Waals surface area contributed by atoms with E-state index in [-0.39, 0.29) is 23.2 Å². The Kier molecular flexibility index (Phi) is 8.13. The normalized spacial score (nSPS) is 40.2. The maximum absolute atomic E-state index is 13.1. The number of fused-ring (bicyclic) bond motifs is 2. The molecule has 0 saturated heterocycles. The molecule has 5 aliphatic rings. The predicted molar refractivity (Wildman–Crippen MR) is 183 cm³/mol. The van der Waals surface area contributed by atoms with Gasteiger partial charge >= 0.3 is 5.97 Å². The Labute approximate surface area is 273 Å². The molecule has 1 unspecified atom stereocenters. The lowest BCUT2D eigenvalue weighted by molar-refractivity contribution is -0.179. The van der Waals surface area contributed by atoms with Gasteiger partial charge in [0.1, 0.15) is 6.10 Å². The van der Waals surface area contributed by atoms with Crippen molar-refractivity contribution in [3.8, 4) is 11.5 Å². The van der Waals surface area contributed by atoms with Crippen molar-refractivity contribution in [2.24, 2.45) is 56.7 Å². The van der Waals surface area contributed by atoms with Gasteiger partial charge in [0.05, 0.1) is 7.11 Å². The number of allylic oxidation sites excluding steroid dienone is 1. The molecule has 5 fully saturated rings. The summed E-state index contributed by atoms with van der Waals surface area (Å²) in [6.07, 6.45) is 17.5. The van der Waals surface area contributed by atoms with Gasteiger partial charge in [-0.05, 0) is 146 Å². The highest BCUT2D eigenvalue weighted by molar-refractivity contribution is 5.87. The van der Waals surface area contributed by atoms with Crippen LogP contribution in [-0.2, 0) is 9.53 Å². The van der Waals surface area contributed by atoms with Gasteiger partial charge in [0.25, 0.3) is 0 Å². The Morgan fingerprint density at radius 1 is 0.978 bits per heavy atom. The third kappa shape index (κ3) is 4.85. The summed E-state index contributed by atoms with van der Waals surface area (Å²) in [5.41, 5.74) is 3.99. The zero-order chi connectivity index (χ0) is 32.6. The Morgan fingerprint density at radius 2 is 1.69 bits per heavy atom. The summed E-state index contributed by atoms with van der Waals surface area (Å²) in [4.78, 5) is 13.1. The van der Waals surface area contributed by atoms with E-state index in [2.05, 4.69) is 55.0 Å². The van der Waals surface area contributed by atoms with Crippen LogP contribution in [0.25, 0.3) is 6.08 Å². The Morgan fingerprint density at radius 3 is 2.40 bits per heavy atom. The van der Waals surface area contributed by atoms with Gasteiger partial charge in [0, 0.05) is 11.5 Å². The van der Waals surface area contributed by atoms with Crippen LogP contribution in [0.15, 0.2) is 36.4 Å². The Hall–Kier alpha value is -2.23. The fraction of sp³-hybridized carbons (Fsp3) is 0.732. The molecule has 1 N–H and O–H groups in total. The molecular formula is C41H60O4. The molecule has 6 rings (SSSR count). The summed E-state index contributed by atoms with van der Waals surface area (Å²) in [5.74, 6) is 3.84. The second-order valence-electron chi connectivity index (χ2n) is 17.5. The Bertz CT molecular complexity index is 1360. The molecule has 4 heteroatoms. The number of carbonyl (C=O) groups is 1. The van der Waals surface area contributed by atoms with Crippen molar-refractivity contribution in [3.63, 3.8) is 0 Å². The molecule has 5 saturated carbocycles. The highest BCUT2D eigenvalue weighted by Crippen LogP contribution is 2.89. The molecule has 45 heavy (non-hydrogen) atoms. The summed E-state index contributed by atoms with van der Waals surface area (Å²) in [7, 11) is 1.52. The van der Waals surface area contributed by atoms with Gasteiger partial charge in [0.15, 0.2) is 11.5 Å². The number of phenols is 1. The van der Waals surface area contributed by atoms with Crippen LogP contribution in [0.1, 0.15) is 125 Å². The van der Waals surface area contributed by atoms with Crippen LogP contribution in [0.4, 0.5) is 0 Å². The quantitative estimate of drug-likeness (QED) is 0.170. The number of rotatable bonds is 9. The van der Waals surface area contributed by atoms with E-state index in [0.717, 1.165) is 29.7 Å². The number of hydrogen-bond acceptors (Lipinski definition) is 4. The lowest BCUT2D eigenvalue weighted by Gasteiger charge is -2.63. The predicted octanol–water partition coefficient (Wildman–Crippen LogP) is 10.4. The monoisotopic (exact) mass is 616 g/mol. The van der Waals surface area contributed by atoms with E-state index < -0.39 is 0 Å². The molecule has 0 aromatic heterocycles. The zero-order valence-corrected chi connectivity index (χ0v) is 29.5. The number of benzene rings is 1. The molecule has 0 amide bonds. The van der Waals surface area contributed by atoms with Gasteiger partial charge < -0.3 is 14.6 Å². The van der Waals surface area contributed by atoms with Crippen LogP contribution in [-0.4, -0.2) is 24.3 Å². The van der Waals surface area contributed by atoms with Crippen LogP contribution < -0.4 is 4.74 Å². The molecule has 4 nitrogen and oxygen atoms in total. The van der Waals surface area contributed by atoms with Crippen molar-refractivity contribution < 1.29 is 19.4 Å². The first kappa shape index (κ1) is 32.7. The molecular weight excluding hydrogens is 556 g/mol. The minimum Gasteiger partial charge on any atom is -0.504 e. The second-order valence-corrected chi connectivity index (χ2v) is 17.5. The van der Waals surface area contributed by atoms with Crippen molar-refractivity contribution >= 4 is 12.0 Å². The number of esters is 1. The first-order chi connectivity index (χ1) is 21.1.